The Kier molecular flexibility index (Phi) is 5.58. The van der Waals surface area contributed by atoms with Crippen molar-refractivity contribution in [3.05, 3.63) is 0 Å². The summed E-state index contributed by atoms with van der Waals surface area (Å²) in [6.07, 6.45) is 0.599. The van der Waals surface area contributed by atoms with Crippen molar-refractivity contribution in [1.82, 2.24) is 4.90 Å². The minimum Gasteiger partial charge on any atom is -0.466 e. The molecular formula is C11H19NO5S. The predicted octanol–water partition coefficient (Wildman–Crippen LogP) is -0.0232. The first-order valence-corrected chi connectivity index (χ1v) is 7.90. The average Bonchev–Trinajstić information content (AvgIpc) is 2.47. The molecule has 1 amide bonds. The molecule has 18 heavy (non-hydrogen) atoms. The van der Waals surface area contributed by atoms with Crippen LogP contribution in [0.25, 0.3) is 0 Å². The molecule has 104 valence electrons. The number of carbonyl (C=O) groups is 2. The van der Waals surface area contributed by atoms with Crippen molar-refractivity contribution in [3.8, 4) is 0 Å². The van der Waals surface area contributed by atoms with Crippen LogP contribution in [0.15, 0.2) is 0 Å². The first-order chi connectivity index (χ1) is 8.44. The van der Waals surface area contributed by atoms with Gasteiger partial charge in [-0.05, 0) is 13.3 Å². The molecule has 1 fully saturated rings. The molecule has 0 atom stereocenters. The first-order valence-electron chi connectivity index (χ1n) is 6.08. The number of esters is 1. The van der Waals surface area contributed by atoms with E-state index in [2.05, 4.69) is 0 Å². The lowest BCUT2D eigenvalue weighted by Crippen LogP contribution is -2.33. The summed E-state index contributed by atoms with van der Waals surface area (Å²) in [6.45, 7) is 2.68. The molecule has 1 saturated heterocycles. The molecule has 0 spiro atoms. The van der Waals surface area contributed by atoms with Gasteiger partial charge in [-0.15, -0.1) is 0 Å². The SMILES string of the molecule is CCOC(=O)CCC(=O)N1CCCS(=O)(=O)CC1. The lowest BCUT2D eigenvalue weighted by atomic mass is 10.2. The number of rotatable bonds is 4. The van der Waals surface area contributed by atoms with Gasteiger partial charge >= 0.3 is 5.97 Å². The van der Waals surface area contributed by atoms with Crippen LogP contribution >= 0.6 is 0 Å². The molecule has 1 aliphatic rings. The Morgan fingerprint density at radius 3 is 2.56 bits per heavy atom. The summed E-state index contributed by atoms with van der Waals surface area (Å²) in [7, 11) is -3.01. The fourth-order valence-corrected chi connectivity index (χ4v) is 3.06. The molecule has 0 unspecified atom stereocenters. The summed E-state index contributed by atoms with van der Waals surface area (Å²) in [5.41, 5.74) is 0. The van der Waals surface area contributed by atoms with Gasteiger partial charge < -0.3 is 9.64 Å². The second-order valence-electron chi connectivity index (χ2n) is 4.19. The van der Waals surface area contributed by atoms with Gasteiger partial charge in [0.1, 0.15) is 0 Å². The van der Waals surface area contributed by atoms with Gasteiger partial charge in [-0.1, -0.05) is 0 Å². The molecule has 0 N–H and O–H groups in total. The molecular weight excluding hydrogens is 258 g/mol. The van der Waals surface area contributed by atoms with E-state index in [0.29, 0.717) is 19.6 Å². The van der Waals surface area contributed by atoms with Crippen molar-refractivity contribution in [3.63, 3.8) is 0 Å². The zero-order chi connectivity index (χ0) is 13.6. The molecule has 0 bridgehead atoms. The van der Waals surface area contributed by atoms with Crippen LogP contribution in [0.1, 0.15) is 26.2 Å². The van der Waals surface area contributed by atoms with Gasteiger partial charge in [0.15, 0.2) is 9.84 Å². The van der Waals surface area contributed by atoms with Crippen LogP contribution in [0.4, 0.5) is 0 Å². The van der Waals surface area contributed by atoms with Gasteiger partial charge in [0, 0.05) is 19.5 Å². The molecule has 0 aromatic rings. The van der Waals surface area contributed by atoms with Crippen molar-refractivity contribution < 1.29 is 22.7 Å². The Balaban J connectivity index is 2.40. The maximum absolute atomic E-state index is 11.8. The van der Waals surface area contributed by atoms with Gasteiger partial charge in [0.2, 0.25) is 5.91 Å². The van der Waals surface area contributed by atoms with E-state index in [1.54, 1.807) is 6.92 Å². The number of carbonyl (C=O) groups excluding carboxylic acids is 2. The van der Waals surface area contributed by atoms with E-state index in [4.69, 9.17) is 4.74 Å². The third-order valence-corrected chi connectivity index (χ3v) is 4.47. The number of ether oxygens (including phenoxy) is 1. The highest BCUT2D eigenvalue weighted by Crippen LogP contribution is 2.07. The highest BCUT2D eigenvalue weighted by Gasteiger charge is 2.22. The molecule has 6 nitrogen and oxygen atoms in total. The molecule has 0 saturated carbocycles. The molecule has 0 aromatic carbocycles. The lowest BCUT2D eigenvalue weighted by Gasteiger charge is -2.19. The van der Waals surface area contributed by atoms with Crippen molar-refractivity contribution in [2.24, 2.45) is 0 Å². The fraction of sp³-hybridized carbons (Fsp3) is 0.818. The van der Waals surface area contributed by atoms with Crippen molar-refractivity contribution >= 4 is 21.7 Å². The summed E-state index contributed by atoms with van der Waals surface area (Å²) >= 11 is 0. The van der Waals surface area contributed by atoms with Crippen molar-refractivity contribution in [2.45, 2.75) is 26.2 Å². The molecule has 7 heteroatoms. The van der Waals surface area contributed by atoms with Crippen molar-refractivity contribution in [1.29, 1.82) is 0 Å². The highest BCUT2D eigenvalue weighted by atomic mass is 32.2. The van der Waals surface area contributed by atoms with Crippen LogP contribution in [0, 0.1) is 0 Å². The summed E-state index contributed by atoms with van der Waals surface area (Å²) in [5, 5.41) is 0. The zero-order valence-corrected chi connectivity index (χ0v) is 11.4. The Morgan fingerprint density at radius 1 is 1.17 bits per heavy atom. The molecule has 1 heterocycles. The first kappa shape index (κ1) is 14.9. The lowest BCUT2D eigenvalue weighted by molar-refractivity contribution is -0.145. The van der Waals surface area contributed by atoms with E-state index in [0.717, 1.165) is 0 Å². The van der Waals surface area contributed by atoms with Gasteiger partial charge in [-0.3, -0.25) is 9.59 Å². The molecule has 0 aliphatic carbocycles. The highest BCUT2D eigenvalue weighted by molar-refractivity contribution is 7.91. The Bertz CT molecular complexity index is 404. The Hall–Kier alpha value is -1.11. The quantitative estimate of drug-likeness (QED) is 0.674. The maximum Gasteiger partial charge on any atom is 0.306 e. The third-order valence-electron chi connectivity index (χ3n) is 2.76. The smallest absolute Gasteiger partial charge is 0.306 e. The molecule has 0 radical (unpaired) electrons. The number of amides is 1. The van der Waals surface area contributed by atoms with Crippen LogP contribution in [0.3, 0.4) is 0 Å². The molecule has 1 aliphatic heterocycles. The number of hydrogen-bond acceptors (Lipinski definition) is 5. The standard InChI is InChI=1S/C11H19NO5S/c1-2-17-11(14)5-4-10(13)12-6-3-8-18(15,16)9-7-12/h2-9H2,1H3. The maximum atomic E-state index is 11.8. The van der Waals surface area contributed by atoms with E-state index >= 15 is 0 Å². The minimum atomic E-state index is -3.01. The van der Waals surface area contributed by atoms with Gasteiger partial charge in [-0.25, -0.2) is 8.42 Å². The minimum absolute atomic E-state index is 0.0121. The summed E-state index contributed by atoms with van der Waals surface area (Å²) in [6, 6.07) is 0. The summed E-state index contributed by atoms with van der Waals surface area (Å²) < 4.78 is 27.5. The van der Waals surface area contributed by atoms with Gasteiger partial charge in [-0.2, -0.15) is 0 Å². The number of nitrogens with zero attached hydrogens (tertiary/aromatic N) is 1. The second-order valence-corrected chi connectivity index (χ2v) is 6.49. The normalized spacial score (nSPS) is 19.1. The molecule has 1 rings (SSSR count). The van der Waals surface area contributed by atoms with Crippen LogP contribution in [-0.2, 0) is 24.2 Å². The summed E-state index contributed by atoms with van der Waals surface area (Å²) in [5.74, 6) is -0.430. The topological polar surface area (TPSA) is 80.8 Å². The zero-order valence-electron chi connectivity index (χ0n) is 10.6. The Labute approximate surface area is 107 Å². The third kappa shape index (κ3) is 5.03. The van der Waals surface area contributed by atoms with Gasteiger partial charge in [0.25, 0.3) is 0 Å². The number of hydrogen-bond donors (Lipinski definition) is 0. The monoisotopic (exact) mass is 277 g/mol. The van der Waals surface area contributed by atoms with E-state index in [1.807, 2.05) is 0 Å². The number of sulfone groups is 1. The molecule has 0 aromatic heterocycles. The predicted molar refractivity (Wildman–Crippen MR) is 65.7 cm³/mol. The van der Waals surface area contributed by atoms with Crippen molar-refractivity contribution in [2.75, 3.05) is 31.2 Å². The van der Waals surface area contributed by atoms with E-state index in [-0.39, 0.29) is 36.8 Å². The average molecular weight is 277 g/mol. The van der Waals surface area contributed by atoms with E-state index in [9.17, 15) is 18.0 Å². The summed E-state index contributed by atoms with van der Waals surface area (Å²) in [4.78, 5) is 24.4. The second kappa shape index (κ2) is 6.72. The largest absolute Gasteiger partial charge is 0.466 e. The van der Waals surface area contributed by atoms with Crippen LogP contribution in [-0.4, -0.2) is 56.4 Å². The van der Waals surface area contributed by atoms with Crippen LogP contribution < -0.4 is 0 Å². The van der Waals surface area contributed by atoms with Crippen LogP contribution in [0.2, 0.25) is 0 Å². The van der Waals surface area contributed by atoms with Crippen LogP contribution in [0.5, 0.6) is 0 Å². The van der Waals surface area contributed by atoms with E-state index < -0.39 is 15.8 Å². The van der Waals surface area contributed by atoms with Gasteiger partial charge in [0.05, 0.1) is 24.5 Å². The Morgan fingerprint density at radius 2 is 1.89 bits per heavy atom. The van der Waals surface area contributed by atoms with E-state index in [1.165, 1.54) is 4.90 Å². The fourth-order valence-electron chi connectivity index (χ4n) is 1.79.